The van der Waals surface area contributed by atoms with Crippen molar-refractivity contribution in [2.24, 2.45) is 0 Å². The van der Waals surface area contributed by atoms with Crippen molar-refractivity contribution in [3.05, 3.63) is 64.7 Å². The van der Waals surface area contributed by atoms with Crippen LogP contribution in [0.1, 0.15) is 29.0 Å². The molecule has 5 rings (SSSR count). The summed E-state index contributed by atoms with van der Waals surface area (Å²) in [4.78, 5) is 24.5. The summed E-state index contributed by atoms with van der Waals surface area (Å²) in [5.74, 6) is 1.49. The first-order chi connectivity index (χ1) is 20.0. The first kappa shape index (κ1) is 31.1. The Morgan fingerprint density at radius 3 is 2.40 bits per heavy atom. The number of nitrogen functional groups attached to an aromatic ring is 1. The Bertz CT molecular complexity index is 1650. The van der Waals surface area contributed by atoms with Gasteiger partial charge in [-0.3, -0.25) is 23.2 Å². The molecule has 0 saturated carbocycles. The summed E-state index contributed by atoms with van der Waals surface area (Å²) in [5.41, 5.74) is 7.36. The molecule has 1 unspecified atom stereocenters. The molecule has 14 heteroatoms. The molecule has 232 valence electrons. The van der Waals surface area contributed by atoms with Gasteiger partial charge in [-0.15, -0.1) is 0 Å². The first-order valence-corrected chi connectivity index (χ1v) is 18.6. The molecule has 1 aliphatic heterocycles. The third kappa shape index (κ3) is 6.60. The van der Waals surface area contributed by atoms with E-state index in [2.05, 4.69) is 51.0 Å². The van der Waals surface area contributed by atoms with E-state index in [1.807, 2.05) is 17.6 Å². The fourth-order valence-corrected chi connectivity index (χ4v) is 6.19. The third-order valence-corrected chi connectivity index (χ3v) is 9.94. The van der Waals surface area contributed by atoms with Crippen LogP contribution in [0, 0.1) is 0 Å². The SMILES string of the molecule is CC1CN(c2ccc(C(F)(F)F)cc2)C(=O)c2c(-c3nc(-c4ccc(N)nc4)n(COCC[SH](C)(C)(C)C)c3Br)cnn21. The fourth-order valence-electron chi connectivity index (χ4n) is 4.75. The molecule has 0 fully saturated rings. The topological polar surface area (TPSA) is 104 Å². The van der Waals surface area contributed by atoms with Gasteiger partial charge in [-0.1, -0.05) is 0 Å². The van der Waals surface area contributed by atoms with Crippen molar-refractivity contribution in [1.29, 1.82) is 0 Å². The van der Waals surface area contributed by atoms with Gasteiger partial charge >= 0.3 is 6.18 Å². The average molecular weight is 683 g/mol. The average Bonchev–Trinajstić information content (AvgIpc) is 3.50. The van der Waals surface area contributed by atoms with E-state index in [4.69, 9.17) is 15.5 Å². The van der Waals surface area contributed by atoms with Gasteiger partial charge in [0, 0.05) is 24.0 Å². The molecule has 1 aromatic carbocycles. The normalized spacial score (nSPS) is 16.7. The quantitative estimate of drug-likeness (QED) is 0.176. The van der Waals surface area contributed by atoms with Crippen molar-refractivity contribution in [3.63, 3.8) is 0 Å². The molecule has 0 aliphatic carbocycles. The van der Waals surface area contributed by atoms with Gasteiger partial charge in [0.05, 0.1) is 30.0 Å². The number of ether oxygens (including phenoxy) is 1. The fraction of sp³-hybridized carbons (Fsp3) is 0.379. The van der Waals surface area contributed by atoms with Crippen LogP contribution in [0.5, 0.6) is 0 Å². The molecule has 1 atom stereocenters. The highest BCUT2D eigenvalue weighted by Crippen LogP contribution is 2.54. The number of hydrogen-bond acceptors (Lipinski definition) is 6. The largest absolute Gasteiger partial charge is 0.416 e. The number of nitrogens with two attached hydrogens (primary N) is 1. The number of carbonyl (C=O) groups excluding carboxylic acids is 1. The molecule has 43 heavy (non-hydrogen) atoms. The minimum atomic E-state index is -4.47. The number of halogens is 4. The van der Waals surface area contributed by atoms with E-state index in [-0.39, 0.29) is 30.9 Å². The van der Waals surface area contributed by atoms with Crippen molar-refractivity contribution in [3.8, 4) is 22.6 Å². The summed E-state index contributed by atoms with van der Waals surface area (Å²) in [6.07, 6.45) is 7.92. The summed E-state index contributed by atoms with van der Waals surface area (Å²) in [7, 11) is -1.77. The van der Waals surface area contributed by atoms with Gasteiger partial charge in [-0.05, 0) is 90.0 Å². The van der Waals surface area contributed by atoms with Gasteiger partial charge in [0.2, 0.25) is 0 Å². The number of carbonyl (C=O) groups is 1. The summed E-state index contributed by atoms with van der Waals surface area (Å²) in [6.45, 7) is 2.91. The monoisotopic (exact) mass is 681 g/mol. The molecule has 2 N–H and O–H groups in total. The van der Waals surface area contributed by atoms with E-state index < -0.39 is 20.9 Å². The van der Waals surface area contributed by atoms with E-state index in [0.29, 0.717) is 45.4 Å². The zero-order chi connectivity index (χ0) is 31.3. The Morgan fingerprint density at radius 1 is 1.09 bits per heavy atom. The van der Waals surface area contributed by atoms with Crippen LogP contribution in [-0.2, 0) is 17.6 Å². The van der Waals surface area contributed by atoms with Crippen LogP contribution in [0.2, 0.25) is 0 Å². The van der Waals surface area contributed by atoms with Crippen LogP contribution in [0.15, 0.2) is 53.4 Å². The number of thiol groups is 1. The highest BCUT2D eigenvalue weighted by Gasteiger charge is 2.36. The Kier molecular flexibility index (Phi) is 7.93. The number of pyridine rings is 1. The summed E-state index contributed by atoms with van der Waals surface area (Å²) >= 11 is 3.70. The molecule has 0 bridgehead atoms. The molecule has 4 aromatic rings. The van der Waals surface area contributed by atoms with E-state index in [1.165, 1.54) is 17.0 Å². The number of imidazole rings is 1. The lowest BCUT2D eigenvalue weighted by atomic mass is 10.1. The number of fused-ring (bicyclic) bond motifs is 1. The first-order valence-electron chi connectivity index (χ1n) is 13.6. The lowest BCUT2D eigenvalue weighted by Gasteiger charge is -2.46. The number of alkyl halides is 3. The van der Waals surface area contributed by atoms with Gasteiger partial charge in [0.15, 0.2) is 0 Å². The van der Waals surface area contributed by atoms with Crippen molar-refractivity contribution in [1.82, 2.24) is 24.3 Å². The smallest absolute Gasteiger partial charge is 0.384 e. The molecular weight excluding hydrogens is 647 g/mol. The molecule has 0 spiro atoms. The van der Waals surface area contributed by atoms with Gasteiger partial charge < -0.3 is 15.4 Å². The van der Waals surface area contributed by atoms with Crippen molar-refractivity contribution >= 4 is 42.5 Å². The Balaban J connectivity index is 1.53. The summed E-state index contributed by atoms with van der Waals surface area (Å²) < 4.78 is 49.7. The Morgan fingerprint density at radius 2 is 1.79 bits per heavy atom. The lowest BCUT2D eigenvalue weighted by molar-refractivity contribution is -0.137. The number of amides is 1. The van der Waals surface area contributed by atoms with Crippen LogP contribution in [-0.4, -0.2) is 74.2 Å². The maximum atomic E-state index is 13.9. The molecule has 3 aromatic heterocycles. The van der Waals surface area contributed by atoms with Crippen molar-refractivity contribution in [2.75, 3.05) is 54.6 Å². The summed E-state index contributed by atoms with van der Waals surface area (Å²) in [5, 5.41) is 4.51. The minimum Gasteiger partial charge on any atom is -0.384 e. The number of anilines is 2. The van der Waals surface area contributed by atoms with Crippen molar-refractivity contribution in [2.45, 2.75) is 25.9 Å². The molecule has 9 nitrogen and oxygen atoms in total. The lowest BCUT2D eigenvalue weighted by Crippen LogP contribution is -2.42. The van der Waals surface area contributed by atoms with Gasteiger partial charge in [0.25, 0.3) is 5.91 Å². The van der Waals surface area contributed by atoms with Gasteiger partial charge in [0.1, 0.15) is 34.4 Å². The number of rotatable bonds is 8. The highest BCUT2D eigenvalue weighted by atomic mass is 79.9. The minimum absolute atomic E-state index is 0.200. The third-order valence-electron chi connectivity index (χ3n) is 7.17. The Hall–Kier alpha value is -3.36. The maximum absolute atomic E-state index is 13.9. The zero-order valence-electron chi connectivity index (χ0n) is 24.6. The highest BCUT2D eigenvalue weighted by molar-refractivity contribution is 9.10. The van der Waals surface area contributed by atoms with Crippen LogP contribution in [0.25, 0.3) is 22.6 Å². The van der Waals surface area contributed by atoms with Crippen molar-refractivity contribution < 1.29 is 22.7 Å². The van der Waals surface area contributed by atoms with Gasteiger partial charge in [-0.25, -0.2) is 9.97 Å². The second-order valence-corrected chi connectivity index (χ2v) is 21.9. The molecule has 0 saturated heterocycles. The van der Waals surface area contributed by atoms with E-state index >= 15 is 0 Å². The predicted molar refractivity (Wildman–Crippen MR) is 170 cm³/mol. The summed E-state index contributed by atoms with van der Waals surface area (Å²) in [6, 6.07) is 7.84. The molecular formula is C29H35BrF3N7O2S. The number of aromatic nitrogens is 5. The Labute approximate surface area is 256 Å². The standard InChI is InChI=1S/C29H35BrF3N7O2S/c1-18-16-38(21-9-7-20(8-10-21)29(31,32)33)28(41)25-22(15-36-40(18)25)24-26(30)39(17-42-12-13-43(2,3,4)5)27(37-24)19-6-11-23(34)35-14-19/h6-11,14-15,18,43H,12-13,16-17H2,1-5H3,(H2,34,35). The second-order valence-electron chi connectivity index (χ2n) is 12.8. The zero-order valence-corrected chi connectivity index (χ0v) is 27.0. The van der Waals surface area contributed by atoms with Crippen LogP contribution in [0.4, 0.5) is 24.7 Å². The van der Waals surface area contributed by atoms with Crippen LogP contribution in [0.3, 0.4) is 0 Å². The number of benzene rings is 1. The van der Waals surface area contributed by atoms with Crippen LogP contribution < -0.4 is 10.6 Å². The van der Waals surface area contributed by atoms with E-state index in [9.17, 15) is 18.0 Å². The van der Waals surface area contributed by atoms with Gasteiger partial charge in [-0.2, -0.15) is 18.3 Å². The molecule has 4 heterocycles. The number of hydrogen-bond donors (Lipinski definition) is 2. The van der Waals surface area contributed by atoms with E-state index in [1.54, 1.807) is 23.1 Å². The number of nitrogens with zero attached hydrogens (tertiary/aromatic N) is 6. The van der Waals surface area contributed by atoms with Crippen LogP contribution >= 0.6 is 25.1 Å². The predicted octanol–water partition coefficient (Wildman–Crippen LogP) is 5.96. The molecule has 1 aliphatic rings. The maximum Gasteiger partial charge on any atom is 0.416 e. The van der Waals surface area contributed by atoms with E-state index in [0.717, 1.165) is 17.9 Å². The molecule has 1 amide bonds. The second kappa shape index (κ2) is 11.0. The molecule has 0 radical (unpaired) electrons.